The van der Waals surface area contributed by atoms with Gasteiger partial charge >= 0.3 is 5.97 Å². The first-order chi connectivity index (χ1) is 17.0. The third-order valence-electron chi connectivity index (χ3n) is 6.07. The number of nitrogens with zero attached hydrogens (tertiary/aromatic N) is 1. The first-order valence-corrected chi connectivity index (χ1v) is 11.4. The highest BCUT2D eigenvalue weighted by atomic mass is 16.5. The molecule has 0 radical (unpaired) electrons. The van der Waals surface area contributed by atoms with E-state index in [1.54, 1.807) is 37.4 Å². The predicted octanol–water partition coefficient (Wildman–Crippen LogP) is 5.44. The number of hydrogen-bond donors (Lipinski definition) is 1. The molecule has 176 valence electrons. The molecule has 0 aliphatic heterocycles. The highest BCUT2D eigenvalue weighted by molar-refractivity contribution is 6.07. The molecule has 7 nitrogen and oxygen atoms in total. The lowest BCUT2D eigenvalue weighted by molar-refractivity contribution is 0.0698. The highest BCUT2D eigenvalue weighted by Gasteiger charge is 2.29. The fraction of sp³-hybridized carbons (Fsp3) is 0.179. The van der Waals surface area contributed by atoms with E-state index in [0.717, 1.165) is 22.8 Å². The van der Waals surface area contributed by atoms with Crippen molar-refractivity contribution in [2.75, 3.05) is 7.11 Å². The van der Waals surface area contributed by atoms with Gasteiger partial charge in [-0.25, -0.2) is 10.2 Å². The molecule has 0 saturated heterocycles. The van der Waals surface area contributed by atoms with Crippen LogP contribution < -0.4 is 14.9 Å². The van der Waals surface area contributed by atoms with Crippen LogP contribution in [0.5, 0.6) is 11.5 Å². The number of ether oxygens (including phenoxy) is 2. The van der Waals surface area contributed by atoms with Gasteiger partial charge in [0.05, 0.1) is 12.8 Å². The number of carbonyl (C=O) groups excluding carboxylic acids is 2. The van der Waals surface area contributed by atoms with Crippen molar-refractivity contribution in [3.05, 3.63) is 94.9 Å². The third kappa shape index (κ3) is 4.53. The molecular weight excluding hydrogens is 444 g/mol. The summed E-state index contributed by atoms with van der Waals surface area (Å²) < 4.78 is 16.7. The second-order valence-corrected chi connectivity index (χ2v) is 8.34. The van der Waals surface area contributed by atoms with Crippen LogP contribution in [0.25, 0.3) is 10.8 Å². The van der Waals surface area contributed by atoms with Crippen molar-refractivity contribution in [1.82, 2.24) is 5.43 Å². The van der Waals surface area contributed by atoms with E-state index in [2.05, 4.69) is 10.5 Å². The molecule has 35 heavy (non-hydrogen) atoms. The number of methoxy groups -OCH3 is 1. The number of aryl methyl sites for hydroxylation is 1. The van der Waals surface area contributed by atoms with Gasteiger partial charge in [0, 0.05) is 23.1 Å². The zero-order chi connectivity index (χ0) is 24.4. The van der Waals surface area contributed by atoms with Crippen LogP contribution in [0, 0.1) is 6.92 Å². The minimum Gasteiger partial charge on any atom is -0.497 e. The van der Waals surface area contributed by atoms with Crippen molar-refractivity contribution in [2.45, 2.75) is 26.2 Å². The van der Waals surface area contributed by atoms with E-state index in [1.807, 2.05) is 43.3 Å². The van der Waals surface area contributed by atoms with Gasteiger partial charge in [-0.2, -0.15) is 5.10 Å². The van der Waals surface area contributed by atoms with Crippen LogP contribution in [0.2, 0.25) is 0 Å². The molecule has 1 aromatic heterocycles. The van der Waals surface area contributed by atoms with Gasteiger partial charge in [0.25, 0.3) is 5.91 Å². The predicted molar refractivity (Wildman–Crippen MR) is 132 cm³/mol. The van der Waals surface area contributed by atoms with Crippen LogP contribution >= 0.6 is 0 Å². The molecule has 1 aliphatic rings. The Balaban J connectivity index is 1.37. The van der Waals surface area contributed by atoms with E-state index in [0.29, 0.717) is 46.9 Å². The summed E-state index contributed by atoms with van der Waals surface area (Å²) >= 11 is 0. The van der Waals surface area contributed by atoms with Crippen LogP contribution in [-0.4, -0.2) is 24.7 Å². The number of hydrogen-bond acceptors (Lipinski definition) is 6. The Bertz CT molecular complexity index is 1470. The first kappa shape index (κ1) is 22.4. The fourth-order valence-corrected chi connectivity index (χ4v) is 4.31. The normalized spacial score (nSPS) is 13.9. The van der Waals surface area contributed by atoms with Crippen molar-refractivity contribution >= 4 is 28.4 Å². The second kappa shape index (κ2) is 9.46. The summed E-state index contributed by atoms with van der Waals surface area (Å²) in [6.07, 6.45) is 2.14. The summed E-state index contributed by atoms with van der Waals surface area (Å²) in [5.74, 6) is 0.949. The lowest BCUT2D eigenvalue weighted by Crippen LogP contribution is -2.22. The van der Waals surface area contributed by atoms with Gasteiger partial charge in [0.1, 0.15) is 17.3 Å². The maximum Gasteiger partial charge on any atom is 0.379 e. The average molecular weight is 469 g/mol. The Morgan fingerprint density at radius 2 is 1.77 bits per heavy atom. The Morgan fingerprint density at radius 3 is 2.60 bits per heavy atom. The molecular formula is C28H24N2O5. The Labute approximate surface area is 202 Å². The van der Waals surface area contributed by atoms with Gasteiger partial charge in [-0.1, -0.05) is 36.4 Å². The van der Waals surface area contributed by atoms with Gasteiger partial charge < -0.3 is 13.9 Å². The van der Waals surface area contributed by atoms with Gasteiger partial charge in [0.15, 0.2) is 0 Å². The largest absolute Gasteiger partial charge is 0.497 e. The number of benzene rings is 3. The minimum absolute atomic E-state index is 0.150. The lowest BCUT2D eigenvalue weighted by Gasteiger charge is -2.13. The van der Waals surface area contributed by atoms with Crippen LogP contribution in [0.4, 0.5) is 0 Å². The molecule has 5 rings (SSSR count). The smallest absolute Gasteiger partial charge is 0.379 e. The summed E-state index contributed by atoms with van der Waals surface area (Å²) in [5, 5.41) is 6.42. The highest BCUT2D eigenvalue weighted by Crippen LogP contribution is 2.31. The molecule has 1 amide bonds. The Kier molecular flexibility index (Phi) is 6.06. The number of furan rings is 1. The van der Waals surface area contributed by atoms with E-state index in [9.17, 15) is 9.59 Å². The number of esters is 1. The number of rotatable bonds is 5. The quantitative estimate of drug-likeness (QED) is 0.239. The number of carbonyl (C=O) groups is 2. The summed E-state index contributed by atoms with van der Waals surface area (Å²) in [6, 6.07) is 20.2. The van der Waals surface area contributed by atoms with Gasteiger partial charge in [-0.15, -0.1) is 0 Å². The topological polar surface area (TPSA) is 90.1 Å². The van der Waals surface area contributed by atoms with Crippen LogP contribution in [0.15, 0.2) is 76.2 Å². The molecule has 1 aliphatic carbocycles. The van der Waals surface area contributed by atoms with E-state index in [4.69, 9.17) is 13.9 Å². The van der Waals surface area contributed by atoms with Gasteiger partial charge in [-0.3, -0.25) is 4.79 Å². The number of amides is 1. The molecule has 4 aromatic rings. The molecule has 1 heterocycles. The minimum atomic E-state index is -0.563. The molecule has 0 bridgehead atoms. The molecule has 3 aromatic carbocycles. The molecule has 0 fully saturated rings. The monoisotopic (exact) mass is 468 g/mol. The molecule has 7 heteroatoms. The average Bonchev–Trinajstić information content (AvgIpc) is 3.24. The first-order valence-electron chi connectivity index (χ1n) is 11.4. The van der Waals surface area contributed by atoms with Crippen molar-refractivity contribution in [1.29, 1.82) is 0 Å². The third-order valence-corrected chi connectivity index (χ3v) is 6.07. The van der Waals surface area contributed by atoms with Crippen molar-refractivity contribution < 1.29 is 23.5 Å². The number of nitrogens with one attached hydrogen (secondary N) is 1. The second-order valence-electron chi connectivity index (χ2n) is 8.34. The zero-order valence-corrected chi connectivity index (χ0v) is 19.5. The van der Waals surface area contributed by atoms with Gasteiger partial charge in [0.2, 0.25) is 5.76 Å². The Hall–Kier alpha value is -4.39. The molecule has 0 unspecified atom stereocenters. The zero-order valence-electron chi connectivity index (χ0n) is 19.5. The fourth-order valence-electron chi connectivity index (χ4n) is 4.31. The van der Waals surface area contributed by atoms with Crippen molar-refractivity contribution in [3.63, 3.8) is 0 Å². The SMILES string of the molecule is COc1cccc(C(=O)N/N=C2\CCCc3oc(C(=O)Oc4ccc5ccccc5c4)c(C)c32)c1. The number of hydrazone groups is 1. The van der Waals surface area contributed by atoms with Crippen molar-refractivity contribution in [2.24, 2.45) is 5.10 Å². The van der Waals surface area contributed by atoms with Crippen LogP contribution in [-0.2, 0) is 6.42 Å². The van der Waals surface area contributed by atoms with Gasteiger partial charge in [-0.05, 0) is 60.9 Å². The van der Waals surface area contributed by atoms with E-state index >= 15 is 0 Å². The summed E-state index contributed by atoms with van der Waals surface area (Å²) in [5.41, 5.74) is 5.14. The lowest BCUT2D eigenvalue weighted by atomic mass is 9.93. The molecule has 0 saturated carbocycles. The van der Waals surface area contributed by atoms with Crippen LogP contribution in [0.1, 0.15) is 50.6 Å². The van der Waals surface area contributed by atoms with Crippen LogP contribution in [0.3, 0.4) is 0 Å². The number of fused-ring (bicyclic) bond motifs is 2. The molecule has 0 atom stereocenters. The standard InChI is InChI=1S/C28H24N2O5/c1-17-25-23(29-30-27(31)20-9-5-10-21(16-20)33-2)11-6-12-24(25)35-26(17)28(32)34-22-14-13-18-7-3-4-8-19(18)15-22/h3-5,7-10,13-16H,6,11-12H2,1-2H3,(H,30,31)/b29-23+. The van der Waals surface area contributed by atoms with Crippen molar-refractivity contribution in [3.8, 4) is 11.5 Å². The summed E-state index contributed by atoms with van der Waals surface area (Å²) in [4.78, 5) is 25.6. The maximum absolute atomic E-state index is 13.0. The summed E-state index contributed by atoms with van der Waals surface area (Å²) in [7, 11) is 1.55. The van der Waals surface area contributed by atoms with E-state index in [1.165, 1.54) is 0 Å². The molecule has 1 N–H and O–H groups in total. The molecule has 0 spiro atoms. The maximum atomic E-state index is 13.0. The van der Waals surface area contributed by atoms with E-state index < -0.39 is 5.97 Å². The van der Waals surface area contributed by atoms with E-state index in [-0.39, 0.29) is 11.7 Å². The summed E-state index contributed by atoms with van der Waals surface area (Å²) in [6.45, 7) is 1.81. The Morgan fingerprint density at radius 1 is 0.943 bits per heavy atom.